The van der Waals surface area contributed by atoms with Gasteiger partial charge in [-0.25, -0.2) is 0 Å². The van der Waals surface area contributed by atoms with Crippen LogP contribution in [0.5, 0.6) is 0 Å². The Labute approximate surface area is 102 Å². The Morgan fingerprint density at radius 3 is 3.14 bits per heavy atom. The average Bonchev–Trinajstić information content (AvgIpc) is 2.76. The molecule has 0 saturated carbocycles. The maximum atomic E-state index is 5.93. The van der Waals surface area contributed by atoms with Gasteiger partial charge in [-0.05, 0) is 41.4 Å². The number of nitrogens with zero attached hydrogens (tertiary/aromatic N) is 1. The normalized spacial score (nSPS) is 23.1. The lowest BCUT2D eigenvalue weighted by Gasteiger charge is -2.21. The molecule has 14 heavy (non-hydrogen) atoms. The fourth-order valence-corrected chi connectivity index (χ4v) is 3.74. The van der Waals surface area contributed by atoms with Gasteiger partial charge in [0, 0.05) is 33.2 Å². The molecule has 78 valence electrons. The van der Waals surface area contributed by atoms with Crippen LogP contribution in [0, 0.1) is 0 Å². The molecule has 1 unspecified atom stereocenters. The van der Waals surface area contributed by atoms with E-state index < -0.39 is 0 Å². The number of hydrogen-bond donors (Lipinski definition) is 0. The van der Waals surface area contributed by atoms with Gasteiger partial charge in [-0.3, -0.25) is 4.90 Å². The lowest BCUT2D eigenvalue weighted by Crippen LogP contribution is -2.29. The largest absolute Gasteiger partial charge is 0.294 e. The molecule has 0 bridgehead atoms. The van der Waals surface area contributed by atoms with Crippen molar-refractivity contribution in [3.8, 4) is 0 Å². The van der Waals surface area contributed by atoms with Gasteiger partial charge in [-0.2, -0.15) is 0 Å². The first-order valence-corrected chi connectivity index (χ1v) is 7.03. The van der Waals surface area contributed by atoms with Crippen LogP contribution in [0.4, 0.5) is 0 Å². The van der Waals surface area contributed by atoms with Gasteiger partial charge in [-0.15, -0.1) is 22.9 Å². The van der Waals surface area contributed by atoms with Crippen LogP contribution in [-0.2, 0) is 6.54 Å². The van der Waals surface area contributed by atoms with Crippen molar-refractivity contribution in [1.82, 2.24) is 4.90 Å². The quantitative estimate of drug-likeness (QED) is 0.768. The molecule has 1 aliphatic rings. The predicted octanol–water partition coefficient (Wildman–Crippen LogP) is 3.71. The molecule has 1 aromatic heterocycles. The standard InChI is InChI=1S/C10H13BrClNS/c11-8-4-10(14-7-8)6-13-3-1-2-9(13)5-12/h4,7,9H,1-3,5-6H2. The van der Waals surface area contributed by atoms with Gasteiger partial charge in [0.25, 0.3) is 0 Å². The van der Waals surface area contributed by atoms with Gasteiger partial charge in [0.2, 0.25) is 0 Å². The Morgan fingerprint density at radius 1 is 1.64 bits per heavy atom. The summed E-state index contributed by atoms with van der Waals surface area (Å²) in [4.78, 5) is 3.92. The zero-order valence-corrected chi connectivity index (χ0v) is 11.0. The number of likely N-dealkylation sites (tertiary alicyclic amines) is 1. The SMILES string of the molecule is ClCC1CCCN1Cc1cc(Br)cs1. The number of rotatable bonds is 3. The molecule has 1 nitrogen and oxygen atoms in total. The van der Waals surface area contributed by atoms with Crippen molar-refractivity contribution in [3.05, 3.63) is 20.8 Å². The molecule has 1 aliphatic heterocycles. The fourth-order valence-electron chi connectivity index (χ4n) is 1.91. The van der Waals surface area contributed by atoms with E-state index in [-0.39, 0.29) is 0 Å². The predicted molar refractivity (Wildman–Crippen MR) is 66.2 cm³/mol. The highest BCUT2D eigenvalue weighted by Crippen LogP contribution is 2.25. The summed E-state index contributed by atoms with van der Waals surface area (Å²) in [5.74, 6) is 0.770. The van der Waals surface area contributed by atoms with Crippen molar-refractivity contribution >= 4 is 38.9 Å². The molecule has 1 fully saturated rings. The zero-order chi connectivity index (χ0) is 9.97. The van der Waals surface area contributed by atoms with Crippen LogP contribution in [0.2, 0.25) is 0 Å². The van der Waals surface area contributed by atoms with Crippen molar-refractivity contribution in [2.75, 3.05) is 12.4 Å². The van der Waals surface area contributed by atoms with E-state index >= 15 is 0 Å². The third-order valence-electron chi connectivity index (χ3n) is 2.66. The summed E-state index contributed by atoms with van der Waals surface area (Å²) >= 11 is 11.2. The van der Waals surface area contributed by atoms with Crippen LogP contribution in [0.1, 0.15) is 17.7 Å². The van der Waals surface area contributed by atoms with E-state index in [1.54, 1.807) is 0 Å². The molecule has 4 heteroatoms. The van der Waals surface area contributed by atoms with Crippen LogP contribution in [0.25, 0.3) is 0 Å². The molecule has 0 radical (unpaired) electrons. The number of alkyl halides is 1. The highest BCUT2D eigenvalue weighted by Gasteiger charge is 2.23. The minimum Gasteiger partial charge on any atom is -0.294 e. The third kappa shape index (κ3) is 2.51. The lowest BCUT2D eigenvalue weighted by molar-refractivity contribution is 0.265. The molecular formula is C10H13BrClNS. The van der Waals surface area contributed by atoms with E-state index in [0.29, 0.717) is 6.04 Å². The van der Waals surface area contributed by atoms with Crippen molar-refractivity contribution in [3.63, 3.8) is 0 Å². The minimum atomic E-state index is 0.595. The summed E-state index contributed by atoms with van der Waals surface area (Å²) in [6.45, 7) is 2.26. The van der Waals surface area contributed by atoms with Crippen LogP contribution >= 0.6 is 38.9 Å². The van der Waals surface area contributed by atoms with Gasteiger partial charge in [0.15, 0.2) is 0 Å². The monoisotopic (exact) mass is 293 g/mol. The van der Waals surface area contributed by atoms with Gasteiger partial charge in [0.1, 0.15) is 0 Å². The van der Waals surface area contributed by atoms with Gasteiger partial charge < -0.3 is 0 Å². The van der Waals surface area contributed by atoms with E-state index in [1.807, 2.05) is 11.3 Å². The van der Waals surface area contributed by atoms with Crippen molar-refractivity contribution in [2.45, 2.75) is 25.4 Å². The molecule has 0 N–H and O–H groups in total. The van der Waals surface area contributed by atoms with Gasteiger partial charge in [-0.1, -0.05) is 0 Å². The van der Waals surface area contributed by atoms with Crippen LogP contribution in [0.3, 0.4) is 0 Å². The molecule has 1 saturated heterocycles. The van der Waals surface area contributed by atoms with Crippen molar-refractivity contribution in [1.29, 1.82) is 0 Å². The second-order valence-corrected chi connectivity index (χ2v) is 5.87. The lowest BCUT2D eigenvalue weighted by atomic mass is 10.2. The molecule has 1 atom stereocenters. The molecule has 2 heterocycles. The van der Waals surface area contributed by atoms with Crippen LogP contribution in [0.15, 0.2) is 15.9 Å². The smallest absolute Gasteiger partial charge is 0.0379 e. The Morgan fingerprint density at radius 2 is 2.50 bits per heavy atom. The Bertz CT molecular complexity index is 302. The Hall–Kier alpha value is 0.430. The molecule has 2 rings (SSSR count). The molecule has 0 aliphatic carbocycles. The summed E-state index contributed by atoms with van der Waals surface area (Å²) in [6.07, 6.45) is 2.56. The number of halogens is 2. The van der Waals surface area contributed by atoms with E-state index in [0.717, 1.165) is 12.4 Å². The summed E-state index contributed by atoms with van der Waals surface area (Å²) in [7, 11) is 0. The fraction of sp³-hybridized carbons (Fsp3) is 0.600. The van der Waals surface area contributed by atoms with Gasteiger partial charge in [0.05, 0.1) is 0 Å². The van der Waals surface area contributed by atoms with Crippen molar-refractivity contribution in [2.24, 2.45) is 0 Å². The zero-order valence-electron chi connectivity index (χ0n) is 7.88. The molecule has 0 amide bonds. The molecule has 0 aromatic carbocycles. The highest BCUT2D eigenvalue weighted by atomic mass is 79.9. The first-order chi connectivity index (χ1) is 6.79. The van der Waals surface area contributed by atoms with E-state index in [9.17, 15) is 0 Å². The second-order valence-electron chi connectivity index (χ2n) is 3.65. The number of hydrogen-bond acceptors (Lipinski definition) is 2. The van der Waals surface area contributed by atoms with E-state index in [4.69, 9.17) is 11.6 Å². The number of thiophene rings is 1. The van der Waals surface area contributed by atoms with Crippen LogP contribution < -0.4 is 0 Å². The van der Waals surface area contributed by atoms with E-state index in [1.165, 1.54) is 28.7 Å². The minimum absolute atomic E-state index is 0.595. The van der Waals surface area contributed by atoms with Gasteiger partial charge >= 0.3 is 0 Å². The summed E-state index contributed by atoms with van der Waals surface area (Å²) in [5, 5.41) is 2.14. The molecule has 0 spiro atoms. The average molecular weight is 295 g/mol. The topological polar surface area (TPSA) is 3.24 Å². The summed E-state index contributed by atoms with van der Waals surface area (Å²) in [5.41, 5.74) is 0. The highest BCUT2D eigenvalue weighted by molar-refractivity contribution is 9.10. The first-order valence-electron chi connectivity index (χ1n) is 4.82. The Balaban J connectivity index is 1.96. The Kier molecular flexibility index (Phi) is 3.88. The summed E-state index contributed by atoms with van der Waals surface area (Å²) < 4.78 is 1.19. The second kappa shape index (κ2) is 4.97. The molecular weight excluding hydrogens is 282 g/mol. The third-order valence-corrected chi connectivity index (χ3v) is 4.70. The maximum absolute atomic E-state index is 5.93. The maximum Gasteiger partial charge on any atom is 0.0379 e. The van der Waals surface area contributed by atoms with Crippen molar-refractivity contribution < 1.29 is 0 Å². The summed E-state index contributed by atoms with van der Waals surface area (Å²) in [6, 6.07) is 2.80. The first kappa shape index (κ1) is 10.9. The van der Waals surface area contributed by atoms with Crippen LogP contribution in [-0.4, -0.2) is 23.4 Å². The van der Waals surface area contributed by atoms with E-state index in [2.05, 4.69) is 32.3 Å². The molecule has 1 aromatic rings.